The quantitative estimate of drug-likeness (QED) is 0.707. The highest BCUT2D eigenvalue weighted by Crippen LogP contribution is 2.18. The van der Waals surface area contributed by atoms with Gasteiger partial charge in [-0.3, -0.25) is 5.43 Å². The van der Waals surface area contributed by atoms with Gasteiger partial charge in [0.1, 0.15) is 12.5 Å². The van der Waals surface area contributed by atoms with Gasteiger partial charge in [0.2, 0.25) is 0 Å². The van der Waals surface area contributed by atoms with Gasteiger partial charge in [-0.2, -0.15) is 5.10 Å². The molecule has 0 amide bonds. The van der Waals surface area contributed by atoms with E-state index in [0.29, 0.717) is 11.3 Å². The molecule has 3 heteroatoms. The van der Waals surface area contributed by atoms with E-state index in [2.05, 4.69) is 50.0 Å². The Morgan fingerprint density at radius 1 is 1.46 bits per heavy atom. The fraction of sp³-hybridized carbons (Fsp3) is 0.900. The summed E-state index contributed by atoms with van der Waals surface area (Å²) in [6, 6.07) is 0. The molecule has 0 unspecified atom stereocenters. The summed E-state index contributed by atoms with van der Waals surface area (Å²) < 4.78 is 0. The van der Waals surface area contributed by atoms with Crippen molar-refractivity contribution in [3.8, 4) is 0 Å². The highest BCUT2D eigenvalue weighted by Gasteiger charge is 2.24. The molecular formula is C10H21N3. The van der Waals surface area contributed by atoms with Gasteiger partial charge in [0.15, 0.2) is 0 Å². The molecule has 1 aliphatic heterocycles. The number of hydrogen-bond donors (Lipinski definition) is 1. The maximum absolute atomic E-state index is 4.29. The third-order valence-electron chi connectivity index (χ3n) is 1.96. The molecule has 0 fully saturated rings. The van der Waals surface area contributed by atoms with E-state index in [4.69, 9.17) is 0 Å². The molecular weight excluding hydrogens is 162 g/mol. The summed E-state index contributed by atoms with van der Waals surface area (Å²) in [7, 11) is 0. The smallest absolute Gasteiger partial charge is 0.128 e. The van der Waals surface area contributed by atoms with E-state index < -0.39 is 0 Å². The van der Waals surface area contributed by atoms with E-state index in [0.717, 1.165) is 13.2 Å². The highest BCUT2D eigenvalue weighted by molar-refractivity contribution is 5.84. The molecule has 0 saturated heterocycles. The van der Waals surface area contributed by atoms with Crippen molar-refractivity contribution in [2.75, 3.05) is 13.2 Å². The van der Waals surface area contributed by atoms with Crippen LogP contribution in [0.25, 0.3) is 0 Å². The lowest BCUT2D eigenvalue weighted by molar-refractivity contribution is 0.273. The number of hydrogen-bond acceptors (Lipinski definition) is 3. The Morgan fingerprint density at radius 3 is 2.54 bits per heavy atom. The molecule has 0 radical (unpaired) electrons. The Balaban J connectivity index is 2.57. The molecule has 3 nitrogen and oxygen atoms in total. The van der Waals surface area contributed by atoms with Crippen LogP contribution >= 0.6 is 0 Å². The average molecular weight is 183 g/mol. The number of rotatable bonds is 2. The maximum Gasteiger partial charge on any atom is 0.128 e. The summed E-state index contributed by atoms with van der Waals surface area (Å²) in [4.78, 5) is 2.32. The van der Waals surface area contributed by atoms with Gasteiger partial charge in [-0.25, -0.2) is 0 Å². The first-order chi connectivity index (χ1) is 5.90. The first-order valence-electron chi connectivity index (χ1n) is 4.95. The van der Waals surface area contributed by atoms with Crippen molar-refractivity contribution in [2.24, 2.45) is 16.4 Å². The summed E-state index contributed by atoms with van der Waals surface area (Å²) in [6.07, 6.45) is 0. The predicted molar refractivity (Wildman–Crippen MR) is 56.4 cm³/mol. The van der Waals surface area contributed by atoms with Crippen molar-refractivity contribution in [1.29, 1.82) is 0 Å². The van der Waals surface area contributed by atoms with Crippen LogP contribution in [0.2, 0.25) is 0 Å². The molecule has 0 bridgehead atoms. The summed E-state index contributed by atoms with van der Waals surface area (Å²) >= 11 is 0. The fourth-order valence-electron chi connectivity index (χ4n) is 1.56. The zero-order valence-corrected chi connectivity index (χ0v) is 9.39. The molecule has 13 heavy (non-hydrogen) atoms. The van der Waals surface area contributed by atoms with Crippen LogP contribution in [0.15, 0.2) is 5.10 Å². The van der Waals surface area contributed by atoms with Crippen molar-refractivity contribution in [3.05, 3.63) is 0 Å². The topological polar surface area (TPSA) is 27.6 Å². The van der Waals surface area contributed by atoms with Crippen LogP contribution in [-0.4, -0.2) is 23.9 Å². The van der Waals surface area contributed by atoms with Crippen molar-refractivity contribution in [3.63, 3.8) is 0 Å². The van der Waals surface area contributed by atoms with Crippen molar-refractivity contribution in [2.45, 2.75) is 34.6 Å². The van der Waals surface area contributed by atoms with Crippen molar-refractivity contribution in [1.82, 2.24) is 10.3 Å². The van der Waals surface area contributed by atoms with Gasteiger partial charge in [0.05, 0.1) is 0 Å². The molecule has 0 aromatic carbocycles. The lowest BCUT2D eigenvalue weighted by Gasteiger charge is -2.29. The second-order valence-corrected chi connectivity index (χ2v) is 5.20. The third kappa shape index (κ3) is 2.90. The van der Waals surface area contributed by atoms with Crippen molar-refractivity contribution >= 4 is 5.84 Å². The van der Waals surface area contributed by atoms with Gasteiger partial charge < -0.3 is 4.90 Å². The average Bonchev–Trinajstić information content (AvgIpc) is 2.31. The minimum atomic E-state index is 0.335. The molecule has 0 spiro atoms. The Labute approximate surface area is 81.2 Å². The zero-order valence-electron chi connectivity index (χ0n) is 9.39. The van der Waals surface area contributed by atoms with Gasteiger partial charge >= 0.3 is 0 Å². The lowest BCUT2D eigenvalue weighted by Crippen LogP contribution is -2.38. The number of hydrazone groups is 1. The minimum Gasteiger partial charge on any atom is -0.339 e. The second kappa shape index (κ2) is 3.56. The summed E-state index contributed by atoms with van der Waals surface area (Å²) in [5.74, 6) is 1.70. The largest absolute Gasteiger partial charge is 0.339 e. The highest BCUT2D eigenvalue weighted by atomic mass is 15.5. The van der Waals surface area contributed by atoms with Crippen LogP contribution < -0.4 is 5.43 Å². The van der Waals surface area contributed by atoms with Gasteiger partial charge in [-0.05, 0) is 5.41 Å². The Kier molecular flexibility index (Phi) is 2.84. The Hall–Kier alpha value is -0.730. The standard InChI is InChI=1S/C10H21N3/c1-8(2)9-12-11-7-13(9)6-10(3,4)5/h8,11H,6-7H2,1-5H3. The molecule has 76 valence electrons. The molecule has 0 atom stereocenters. The lowest BCUT2D eigenvalue weighted by atomic mass is 9.95. The van der Waals surface area contributed by atoms with Crippen molar-refractivity contribution < 1.29 is 0 Å². The SMILES string of the molecule is CC(C)C1=NNCN1CC(C)(C)C. The normalized spacial score (nSPS) is 17.7. The molecule has 1 aliphatic rings. The molecule has 1 heterocycles. The molecule has 0 saturated carbocycles. The summed E-state index contributed by atoms with van der Waals surface area (Å²) in [5.41, 5.74) is 3.38. The summed E-state index contributed by atoms with van der Waals surface area (Å²) in [6.45, 7) is 13.1. The van der Waals surface area contributed by atoms with E-state index in [1.54, 1.807) is 0 Å². The zero-order chi connectivity index (χ0) is 10.1. The first-order valence-corrected chi connectivity index (χ1v) is 4.95. The van der Waals surface area contributed by atoms with Gasteiger partial charge in [-0.15, -0.1) is 0 Å². The Morgan fingerprint density at radius 2 is 2.08 bits per heavy atom. The van der Waals surface area contributed by atoms with E-state index in [-0.39, 0.29) is 0 Å². The molecule has 0 aromatic rings. The number of amidine groups is 1. The second-order valence-electron chi connectivity index (χ2n) is 5.20. The van der Waals surface area contributed by atoms with E-state index in [9.17, 15) is 0 Å². The molecule has 0 aromatic heterocycles. The molecule has 0 aliphatic carbocycles. The number of nitrogens with one attached hydrogen (secondary N) is 1. The molecule has 1 rings (SSSR count). The van der Waals surface area contributed by atoms with Gasteiger partial charge in [0.25, 0.3) is 0 Å². The van der Waals surface area contributed by atoms with Gasteiger partial charge in [0, 0.05) is 12.5 Å². The van der Waals surface area contributed by atoms with Crippen LogP contribution in [0, 0.1) is 11.3 Å². The third-order valence-corrected chi connectivity index (χ3v) is 1.96. The predicted octanol–water partition coefficient (Wildman–Crippen LogP) is 1.86. The van der Waals surface area contributed by atoms with Crippen LogP contribution in [0.4, 0.5) is 0 Å². The number of nitrogens with zero attached hydrogens (tertiary/aromatic N) is 2. The first kappa shape index (κ1) is 10.4. The van der Waals surface area contributed by atoms with Crippen LogP contribution in [0.1, 0.15) is 34.6 Å². The van der Waals surface area contributed by atoms with Crippen LogP contribution in [-0.2, 0) is 0 Å². The van der Waals surface area contributed by atoms with E-state index >= 15 is 0 Å². The fourth-order valence-corrected chi connectivity index (χ4v) is 1.56. The molecule has 1 N–H and O–H groups in total. The monoisotopic (exact) mass is 183 g/mol. The Bertz CT molecular complexity index is 201. The summed E-state index contributed by atoms with van der Waals surface area (Å²) in [5, 5.41) is 4.29. The van der Waals surface area contributed by atoms with Crippen LogP contribution in [0.5, 0.6) is 0 Å². The van der Waals surface area contributed by atoms with E-state index in [1.165, 1.54) is 5.84 Å². The van der Waals surface area contributed by atoms with Gasteiger partial charge in [-0.1, -0.05) is 34.6 Å². The maximum atomic E-state index is 4.29. The van der Waals surface area contributed by atoms with E-state index in [1.807, 2.05) is 0 Å². The van der Waals surface area contributed by atoms with Crippen LogP contribution in [0.3, 0.4) is 0 Å². The minimum absolute atomic E-state index is 0.335.